The van der Waals surface area contributed by atoms with E-state index in [2.05, 4.69) is 4.90 Å². The molecule has 2 rings (SSSR count). The van der Waals surface area contributed by atoms with Crippen LogP contribution >= 0.6 is 0 Å². The highest BCUT2D eigenvalue weighted by Gasteiger charge is 2.38. The quantitative estimate of drug-likeness (QED) is 0.861. The molecule has 1 aromatic heterocycles. The molecule has 0 aliphatic carbocycles. The Morgan fingerprint density at radius 1 is 1.33 bits per heavy atom. The first-order chi connectivity index (χ1) is 9.69. The number of nitriles is 1. The molecule has 0 spiro atoms. The Kier molecular flexibility index (Phi) is 4.30. The van der Waals surface area contributed by atoms with Crippen LogP contribution in [-0.4, -0.2) is 47.7 Å². The molecule has 7 heteroatoms. The summed E-state index contributed by atoms with van der Waals surface area (Å²) >= 11 is 0. The number of hydrogen-bond acceptors (Lipinski definition) is 4. The molecule has 1 aliphatic heterocycles. The van der Waals surface area contributed by atoms with Crippen molar-refractivity contribution in [3.63, 3.8) is 0 Å². The molecular formula is C14H18F3N3O. The van der Waals surface area contributed by atoms with E-state index < -0.39 is 12.7 Å². The van der Waals surface area contributed by atoms with Gasteiger partial charge in [-0.3, -0.25) is 9.80 Å². The predicted octanol–water partition coefficient (Wildman–Crippen LogP) is 2.61. The zero-order chi connectivity index (χ0) is 15.7. The number of hydrogen-bond donors (Lipinski definition) is 0. The number of furan rings is 1. The zero-order valence-corrected chi connectivity index (χ0v) is 12.1. The van der Waals surface area contributed by atoms with E-state index in [0.717, 1.165) is 0 Å². The van der Waals surface area contributed by atoms with E-state index in [1.807, 2.05) is 19.9 Å². The summed E-state index contributed by atoms with van der Waals surface area (Å²) in [5.41, 5.74) is -0.386. The van der Waals surface area contributed by atoms with E-state index >= 15 is 0 Å². The van der Waals surface area contributed by atoms with Gasteiger partial charge in [0, 0.05) is 25.2 Å². The van der Waals surface area contributed by atoms with Gasteiger partial charge in [0.05, 0.1) is 13.1 Å². The Balaban J connectivity index is 1.99. The fourth-order valence-corrected chi connectivity index (χ4v) is 2.68. The van der Waals surface area contributed by atoms with Crippen molar-refractivity contribution in [1.82, 2.24) is 9.80 Å². The van der Waals surface area contributed by atoms with Crippen LogP contribution in [0.1, 0.15) is 25.4 Å². The lowest BCUT2D eigenvalue weighted by molar-refractivity contribution is -0.155. The van der Waals surface area contributed by atoms with Gasteiger partial charge in [0.2, 0.25) is 5.76 Å². The Morgan fingerprint density at radius 3 is 2.57 bits per heavy atom. The molecule has 1 aromatic rings. The Labute approximate surface area is 121 Å². The van der Waals surface area contributed by atoms with E-state index in [1.54, 1.807) is 12.1 Å². The van der Waals surface area contributed by atoms with Gasteiger partial charge in [-0.1, -0.05) is 0 Å². The summed E-state index contributed by atoms with van der Waals surface area (Å²) in [6.07, 6.45) is -4.17. The van der Waals surface area contributed by atoms with Gasteiger partial charge in [0.15, 0.2) is 0 Å². The van der Waals surface area contributed by atoms with Crippen molar-refractivity contribution >= 4 is 0 Å². The van der Waals surface area contributed by atoms with Gasteiger partial charge in [-0.25, -0.2) is 0 Å². The van der Waals surface area contributed by atoms with Crippen molar-refractivity contribution in [2.24, 2.45) is 0 Å². The van der Waals surface area contributed by atoms with E-state index in [-0.39, 0.29) is 11.3 Å². The van der Waals surface area contributed by atoms with E-state index in [9.17, 15) is 13.2 Å². The minimum absolute atomic E-state index is 0.249. The molecule has 1 fully saturated rings. The summed E-state index contributed by atoms with van der Waals surface area (Å²) in [7, 11) is 0. The lowest BCUT2D eigenvalue weighted by atomic mass is 9.98. The third-order valence-electron chi connectivity index (χ3n) is 3.67. The first-order valence-electron chi connectivity index (χ1n) is 6.72. The molecule has 1 aliphatic rings. The van der Waals surface area contributed by atoms with Crippen molar-refractivity contribution in [2.75, 3.05) is 26.2 Å². The topological polar surface area (TPSA) is 43.4 Å². The maximum atomic E-state index is 12.5. The number of alkyl halides is 3. The zero-order valence-electron chi connectivity index (χ0n) is 12.1. The summed E-state index contributed by atoms with van der Waals surface area (Å²) in [5, 5.41) is 8.73. The molecule has 0 radical (unpaired) electrons. The molecule has 21 heavy (non-hydrogen) atoms. The van der Waals surface area contributed by atoms with Crippen LogP contribution in [0.2, 0.25) is 0 Å². The fourth-order valence-electron chi connectivity index (χ4n) is 2.68. The Hall–Kier alpha value is -1.52. The third-order valence-corrected chi connectivity index (χ3v) is 3.67. The highest BCUT2D eigenvalue weighted by molar-refractivity contribution is 5.19. The van der Waals surface area contributed by atoms with E-state index in [1.165, 1.54) is 4.90 Å². The highest BCUT2D eigenvalue weighted by atomic mass is 19.4. The van der Waals surface area contributed by atoms with Crippen molar-refractivity contribution < 1.29 is 17.6 Å². The molecule has 0 unspecified atom stereocenters. The smallest absolute Gasteiger partial charge is 0.401 e. The molecular weight excluding hydrogens is 283 g/mol. The lowest BCUT2D eigenvalue weighted by Crippen LogP contribution is -2.59. The highest BCUT2D eigenvalue weighted by Crippen LogP contribution is 2.26. The standard InChI is InChI=1S/C14H18F3N3O/c1-13(2)9-19(10-14(15,16)17)5-6-20(13)8-12-4-3-11(7-18)21-12/h3-4H,5-6,8-10H2,1-2H3. The molecule has 0 amide bonds. The van der Waals surface area contributed by atoms with Gasteiger partial charge in [-0.2, -0.15) is 18.4 Å². The van der Waals surface area contributed by atoms with Crippen LogP contribution in [0.25, 0.3) is 0 Å². The molecule has 1 saturated heterocycles. The van der Waals surface area contributed by atoms with Gasteiger partial charge in [-0.05, 0) is 26.0 Å². The molecule has 0 bridgehead atoms. The van der Waals surface area contributed by atoms with Gasteiger partial charge < -0.3 is 4.42 Å². The fraction of sp³-hybridized carbons (Fsp3) is 0.643. The van der Waals surface area contributed by atoms with Gasteiger partial charge in [-0.15, -0.1) is 0 Å². The molecule has 2 heterocycles. The van der Waals surface area contributed by atoms with Gasteiger partial charge >= 0.3 is 6.18 Å². The lowest BCUT2D eigenvalue weighted by Gasteiger charge is -2.47. The number of piperazine rings is 1. The molecule has 0 aromatic carbocycles. The predicted molar refractivity (Wildman–Crippen MR) is 70.4 cm³/mol. The van der Waals surface area contributed by atoms with Crippen LogP contribution in [0.15, 0.2) is 16.5 Å². The second-order valence-corrected chi connectivity index (χ2v) is 5.94. The third kappa shape index (κ3) is 4.22. The number of nitrogens with zero attached hydrogens (tertiary/aromatic N) is 3. The Morgan fingerprint density at radius 2 is 2.05 bits per heavy atom. The van der Waals surface area contributed by atoms with Crippen LogP contribution in [0.5, 0.6) is 0 Å². The summed E-state index contributed by atoms with van der Waals surface area (Å²) in [5.74, 6) is 0.905. The second-order valence-electron chi connectivity index (χ2n) is 5.94. The van der Waals surface area contributed by atoms with Crippen molar-refractivity contribution in [3.05, 3.63) is 23.7 Å². The largest absolute Gasteiger partial charge is 0.449 e. The van der Waals surface area contributed by atoms with Crippen LogP contribution in [-0.2, 0) is 6.54 Å². The molecule has 0 atom stereocenters. The van der Waals surface area contributed by atoms with Gasteiger partial charge in [0.1, 0.15) is 11.8 Å². The monoisotopic (exact) mass is 301 g/mol. The normalized spacial score (nSPS) is 20.4. The van der Waals surface area contributed by atoms with Gasteiger partial charge in [0.25, 0.3) is 0 Å². The average molecular weight is 301 g/mol. The van der Waals surface area contributed by atoms with Crippen LogP contribution in [0.4, 0.5) is 13.2 Å². The minimum Gasteiger partial charge on any atom is -0.449 e. The van der Waals surface area contributed by atoms with Crippen molar-refractivity contribution in [3.8, 4) is 6.07 Å². The summed E-state index contributed by atoms with van der Waals surface area (Å²) in [6.45, 7) is 4.71. The molecule has 0 saturated carbocycles. The van der Waals surface area contributed by atoms with E-state index in [4.69, 9.17) is 9.68 Å². The first kappa shape index (κ1) is 15.9. The maximum Gasteiger partial charge on any atom is 0.401 e. The maximum absolute atomic E-state index is 12.5. The SMILES string of the molecule is CC1(C)CN(CC(F)(F)F)CCN1Cc1ccc(C#N)o1. The number of rotatable bonds is 3. The summed E-state index contributed by atoms with van der Waals surface area (Å²) in [4.78, 5) is 3.51. The van der Waals surface area contributed by atoms with Crippen molar-refractivity contribution in [2.45, 2.75) is 32.1 Å². The molecule has 116 valence electrons. The Bertz CT molecular complexity index is 530. The van der Waals surface area contributed by atoms with Crippen LogP contribution in [0, 0.1) is 11.3 Å². The van der Waals surface area contributed by atoms with E-state index in [0.29, 0.717) is 31.9 Å². The van der Waals surface area contributed by atoms with Crippen molar-refractivity contribution in [1.29, 1.82) is 5.26 Å². The summed E-state index contributed by atoms with van der Waals surface area (Å²) in [6, 6.07) is 5.25. The number of halogens is 3. The van der Waals surface area contributed by atoms with Crippen LogP contribution < -0.4 is 0 Å². The first-order valence-corrected chi connectivity index (χ1v) is 6.72. The minimum atomic E-state index is -4.17. The molecule has 4 nitrogen and oxygen atoms in total. The second kappa shape index (κ2) is 5.70. The average Bonchev–Trinajstić information content (AvgIpc) is 2.78. The van der Waals surface area contributed by atoms with Crippen LogP contribution in [0.3, 0.4) is 0 Å². The summed E-state index contributed by atoms with van der Waals surface area (Å²) < 4.78 is 42.8. The molecule has 0 N–H and O–H groups in total.